The molecule has 142 valence electrons. The maximum Gasteiger partial charge on any atom is 0.129 e. The van der Waals surface area contributed by atoms with Gasteiger partial charge in [0, 0.05) is 34.8 Å². The van der Waals surface area contributed by atoms with E-state index in [0.717, 1.165) is 12.8 Å². The number of nitrogens with two attached hydrogens (primary N) is 1. The van der Waals surface area contributed by atoms with Crippen molar-refractivity contribution in [3.05, 3.63) is 65.1 Å². The zero-order valence-corrected chi connectivity index (χ0v) is 15.9. The van der Waals surface area contributed by atoms with Crippen LogP contribution in [0.5, 0.6) is 0 Å². The van der Waals surface area contributed by atoms with E-state index in [1.54, 1.807) is 30.4 Å². The van der Waals surface area contributed by atoms with Gasteiger partial charge in [-0.3, -0.25) is 0 Å². The van der Waals surface area contributed by atoms with Gasteiger partial charge in [0.25, 0.3) is 0 Å². The normalized spacial score (nSPS) is 17.9. The van der Waals surface area contributed by atoms with Crippen molar-refractivity contribution in [1.82, 2.24) is 5.32 Å². The van der Waals surface area contributed by atoms with E-state index >= 15 is 0 Å². The van der Waals surface area contributed by atoms with E-state index in [-0.39, 0.29) is 36.0 Å². The minimum absolute atomic E-state index is 0. The van der Waals surface area contributed by atoms with Crippen LogP contribution >= 0.6 is 12.4 Å². The van der Waals surface area contributed by atoms with Crippen molar-refractivity contribution in [2.24, 2.45) is 11.7 Å². The van der Waals surface area contributed by atoms with Gasteiger partial charge in [-0.25, -0.2) is 9.18 Å². The highest BCUT2D eigenvalue weighted by molar-refractivity contribution is 5.85. The largest absolute Gasteiger partial charge is 0.399 e. The highest BCUT2D eigenvalue weighted by Crippen LogP contribution is 2.26. The lowest BCUT2D eigenvalue weighted by Crippen LogP contribution is -2.42. The van der Waals surface area contributed by atoms with Crippen LogP contribution in [0.3, 0.4) is 0 Å². The highest BCUT2D eigenvalue weighted by atomic mass is 35.5. The Bertz CT molecular complexity index is 724. The van der Waals surface area contributed by atoms with Crippen LogP contribution in [0.2, 0.25) is 0 Å². The molecule has 6 heteroatoms. The van der Waals surface area contributed by atoms with Crippen molar-refractivity contribution >= 4 is 18.3 Å². The van der Waals surface area contributed by atoms with E-state index in [2.05, 4.69) is 5.32 Å². The van der Waals surface area contributed by atoms with Gasteiger partial charge in [-0.2, -0.15) is 0 Å². The molecule has 0 fully saturated rings. The SMILES string of the molecule is CC(C)(CCC1C=CC(N)=CC1=C=O)NCC(O)c1ccccc1F.Cl. The number of allylic oxidation sites excluding steroid dienone is 4. The van der Waals surface area contributed by atoms with Crippen LogP contribution < -0.4 is 11.1 Å². The first-order valence-corrected chi connectivity index (χ1v) is 8.40. The van der Waals surface area contributed by atoms with Crippen molar-refractivity contribution in [3.8, 4) is 0 Å². The van der Waals surface area contributed by atoms with Gasteiger partial charge in [0.15, 0.2) is 0 Å². The Balaban J connectivity index is 0.00000338. The first kappa shape index (κ1) is 22.1. The average Bonchev–Trinajstić information content (AvgIpc) is 2.59. The molecule has 2 rings (SSSR count). The molecular formula is C20H26ClFN2O2. The van der Waals surface area contributed by atoms with Crippen molar-refractivity contribution in [1.29, 1.82) is 0 Å². The van der Waals surface area contributed by atoms with E-state index in [0.29, 0.717) is 11.3 Å². The minimum atomic E-state index is -0.914. The van der Waals surface area contributed by atoms with Gasteiger partial charge >= 0.3 is 0 Å². The number of halogens is 2. The van der Waals surface area contributed by atoms with Crippen molar-refractivity contribution in [3.63, 3.8) is 0 Å². The lowest BCUT2D eigenvalue weighted by Gasteiger charge is -2.29. The van der Waals surface area contributed by atoms with Gasteiger partial charge in [0.2, 0.25) is 0 Å². The number of aliphatic hydroxyl groups is 1. The fraction of sp³-hybridized carbons (Fsp3) is 0.400. The van der Waals surface area contributed by atoms with Gasteiger partial charge in [0.05, 0.1) is 6.10 Å². The lowest BCUT2D eigenvalue weighted by molar-refractivity contribution is 0.154. The molecule has 0 aromatic heterocycles. The molecule has 2 unspecified atom stereocenters. The molecule has 0 amide bonds. The first-order chi connectivity index (χ1) is 11.8. The summed E-state index contributed by atoms with van der Waals surface area (Å²) >= 11 is 0. The van der Waals surface area contributed by atoms with Gasteiger partial charge in [-0.1, -0.05) is 24.3 Å². The number of hydrogen-bond donors (Lipinski definition) is 3. The molecule has 1 aliphatic rings. The monoisotopic (exact) mass is 380 g/mol. The van der Waals surface area contributed by atoms with Crippen LogP contribution in [0.25, 0.3) is 0 Å². The number of benzene rings is 1. The maximum atomic E-state index is 13.7. The molecule has 0 bridgehead atoms. The third-order valence-electron chi connectivity index (χ3n) is 4.48. The third kappa shape index (κ3) is 6.11. The van der Waals surface area contributed by atoms with Crippen LogP contribution in [-0.2, 0) is 4.79 Å². The topological polar surface area (TPSA) is 75.4 Å². The van der Waals surface area contributed by atoms with Crippen LogP contribution in [0.15, 0.2) is 53.8 Å². The Labute approximate surface area is 160 Å². The average molecular weight is 381 g/mol. The summed E-state index contributed by atoms with van der Waals surface area (Å²) in [6, 6.07) is 6.22. The molecule has 0 saturated carbocycles. The molecule has 0 spiro atoms. The van der Waals surface area contributed by atoms with Crippen LogP contribution in [0, 0.1) is 11.7 Å². The quantitative estimate of drug-likeness (QED) is 0.635. The second kappa shape index (κ2) is 9.70. The number of β-amino-alcohol motifs (C(OH)–C–C–N with tert-alkyl or cyclic N) is 1. The summed E-state index contributed by atoms with van der Waals surface area (Å²) in [5, 5.41) is 13.5. The van der Waals surface area contributed by atoms with Crippen molar-refractivity contribution in [2.45, 2.75) is 38.3 Å². The summed E-state index contributed by atoms with van der Waals surface area (Å²) in [4.78, 5) is 11.1. The maximum absolute atomic E-state index is 13.7. The molecule has 1 aromatic carbocycles. The van der Waals surface area contributed by atoms with Gasteiger partial charge in [0.1, 0.15) is 11.8 Å². The summed E-state index contributed by atoms with van der Waals surface area (Å²) in [7, 11) is 0. The Hall–Kier alpha value is -1.91. The fourth-order valence-electron chi connectivity index (χ4n) is 2.86. The first-order valence-electron chi connectivity index (χ1n) is 8.40. The minimum Gasteiger partial charge on any atom is -0.399 e. The number of hydrogen-bond acceptors (Lipinski definition) is 4. The third-order valence-corrected chi connectivity index (χ3v) is 4.48. The van der Waals surface area contributed by atoms with Crippen LogP contribution in [0.1, 0.15) is 38.4 Å². The molecule has 0 aliphatic heterocycles. The summed E-state index contributed by atoms with van der Waals surface area (Å²) in [6.45, 7) is 4.28. The predicted molar refractivity (Wildman–Crippen MR) is 104 cm³/mol. The summed E-state index contributed by atoms with van der Waals surface area (Å²) in [5.41, 5.74) is 6.82. The predicted octanol–water partition coefficient (Wildman–Crippen LogP) is 3.22. The fourth-order valence-corrected chi connectivity index (χ4v) is 2.86. The van der Waals surface area contributed by atoms with E-state index in [9.17, 15) is 14.3 Å². The highest BCUT2D eigenvalue weighted by Gasteiger charge is 2.23. The molecule has 0 radical (unpaired) electrons. The Morgan fingerprint density at radius 2 is 2.08 bits per heavy atom. The number of nitrogens with one attached hydrogen (secondary N) is 1. The number of carbonyl (C=O) groups excluding carboxylic acids is 1. The molecule has 1 aromatic rings. The standard InChI is InChI=1S/C20H25FN2O2.ClH/c1-20(2,10-9-14-7-8-16(22)11-15(14)13-24)23-12-19(25)17-5-3-4-6-18(17)21;/h3-8,11,14,19,23,25H,9-10,12,22H2,1-2H3;1H. The summed E-state index contributed by atoms with van der Waals surface area (Å²) in [5.74, 6) is 1.53. The number of rotatable bonds is 7. The smallest absolute Gasteiger partial charge is 0.129 e. The van der Waals surface area contributed by atoms with Crippen LogP contribution in [0.4, 0.5) is 4.39 Å². The van der Waals surface area contributed by atoms with Gasteiger partial charge in [-0.05, 0) is 44.9 Å². The van der Waals surface area contributed by atoms with Crippen molar-refractivity contribution in [2.75, 3.05) is 6.54 Å². The zero-order chi connectivity index (χ0) is 18.4. The molecule has 4 N–H and O–H groups in total. The summed E-state index contributed by atoms with van der Waals surface area (Å²) in [6.07, 6.45) is 5.97. The van der Waals surface area contributed by atoms with Crippen LogP contribution in [-0.4, -0.2) is 23.1 Å². The Morgan fingerprint density at radius 1 is 1.38 bits per heavy atom. The number of aliphatic hydroxyl groups excluding tert-OH is 1. The summed E-state index contributed by atoms with van der Waals surface area (Å²) < 4.78 is 13.7. The Kier molecular flexibility index (Phi) is 8.25. The molecule has 0 heterocycles. The zero-order valence-electron chi connectivity index (χ0n) is 15.0. The van der Waals surface area contributed by atoms with Gasteiger partial charge < -0.3 is 16.2 Å². The van der Waals surface area contributed by atoms with E-state index in [4.69, 9.17) is 5.73 Å². The molecular weight excluding hydrogens is 355 g/mol. The van der Waals surface area contributed by atoms with Crippen molar-refractivity contribution < 1.29 is 14.3 Å². The molecule has 0 saturated heterocycles. The van der Waals surface area contributed by atoms with E-state index in [1.165, 1.54) is 6.07 Å². The second-order valence-corrected chi connectivity index (χ2v) is 7.01. The second-order valence-electron chi connectivity index (χ2n) is 7.01. The molecule has 2 atom stereocenters. The molecule has 26 heavy (non-hydrogen) atoms. The van der Waals surface area contributed by atoms with E-state index in [1.807, 2.05) is 25.9 Å². The van der Waals surface area contributed by atoms with Gasteiger partial charge in [-0.15, -0.1) is 12.4 Å². The Morgan fingerprint density at radius 3 is 2.73 bits per heavy atom. The lowest BCUT2D eigenvalue weighted by atomic mass is 9.86. The molecule has 4 nitrogen and oxygen atoms in total. The molecule has 1 aliphatic carbocycles. The van der Waals surface area contributed by atoms with E-state index < -0.39 is 11.9 Å².